The first kappa shape index (κ1) is 22.3. The zero-order chi connectivity index (χ0) is 21.8. The number of nitrogens with zero attached hydrogens (tertiary/aromatic N) is 2. The molecule has 3 rings (SSSR count). The molecule has 4 nitrogen and oxygen atoms in total. The SMILES string of the molecule is CO/C=C(\C)c1ccc(OCc2c(C(C)C)cnn2-c2c(Cl)cccc2Cl)cc1C. The zero-order valence-corrected chi connectivity index (χ0v) is 19.4. The van der Waals surface area contributed by atoms with Gasteiger partial charge >= 0.3 is 0 Å². The van der Waals surface area contributed by atoms with E-state index in [9.17, 15) is 0 Å². The number of rotatable bonds is 7. The summed E-state index contributed by atoms with van der Waals surface area (Å²) in [5.41, 5.74) is 5.99. The van der Waals surface area contributed by atoms with Crippen LogP contribution < -0.4 is 4.74 Å². The molecule has 6 heteroatoms. The fourth-order valence-corrected chi connectivity index (χ4v) is 4.02. The molecule has 0 aliphatic heterocycles. The van der Waals surface area contributed by atoms with E-state index >= 15 is 0 Å². The first-order valence-electron chi connectivity index (χ1n) is 9.78. The Bertz CT molecular complexity index is 1050. The maximum Gasteiger partial charge on any atom is 0.131 e. The van der Waals surface area contributed by atoms with E-state index in [1.165, 1.54) is 0 Å². The predicted octanol–water partition coefficient (Wildman–Crippen LogP) is 7.20. The number of benzene rings is 2. The van der Waals surface area contributed by atoms with Gasteiger partial charge in [-0.05, 0) is 66.3 Å². The largest absolute Gasteiger partial charge is 0.504 e. The number of hydrogen-bond donors (Lipinski definition) is 0. The van der Waals surface area contributed by atoms with E-state index in [1.807, 2.05) is 49.5 Å². The van der Waals surface area contributed by atoms with Gasteiger partial charge in [-0.2, -0.15) is 5.10 Å². The average molecular weight is 445 g/mol. The van der Waals surface area contributed by atoms with Crippen molar-refractivity contribution in [3.63, 3.8) is 0 Å². The summed E-state index contributed by atoms with van der Waals surface area (Å²) in [6, 6.07) is 11.5. The fraction of sp³-hybridized carbons (Fsp3) is 0.292. The lowest BCUT2D eigenvalue weighted by Crippen LogP contribution is -2.09. The Hall–Kier alpha value is -2.43. The molecule has 158 valence electrons. The van der Waals surface area contributed by atoms with Crippen LogP contribution in [0.5, 0.6) is 5.75 Å². The van der Waals surface area contributed by atoms with E-state index in [2.05, 4.69) is 25.9 Å². The lowest BCUT2D eigenvalue weighted by atomic mass is 10.0. The van der Waals surface area contributed by atoms with Gasteiger partial charge in [0.15, 0.2) is 0 Å². The van der Waals surface area contributed by atoms with Gasteiger partial charge in [0.1, 0.15) is 18.0 Å². The van der Waals surface area contributed by atoms with E-state index < -0.39 is 0 Å². The van der Waals surface area contributed by atoms with Gasteiger partial charge in [0.2, 0.25) is 0 Å². The van der Waals surface area contributed by atoms with Crippen LogP contribution in [0.1, 0.15) is 49.1 Å². The molecule has 3 aromatic rings. The first-order chi connectivity index (χ1) is 14.3. The highest BCUT2D eigenvalue weighted by molar-refractivity contribution is 6.37. The van der Waals surface area contributed by atoms with Crippen LogP contribution in [0, 0.1) is 6.92 Å². The molecule has 0 saturated heterocycles. The number of halogens is 2. The number of allylic oxidation sites excluding steroid dienone is 1. The third-order valence-corrected chi connectivity index (χ3v) is 5.58. The molecule has 0 spiro atoms. The van der Waals surface area contributed by atoms with Crippen molar-refractivity contribution in [3.05, 3.63) is 81.3 Å². The van der Waals surface area contributed by atoms with Gasteiger partial charge in [0, 0.05) is 0 Å². The normalized spacial score (nSPS) is 11.8. The molecule has 1 heterocycles. The van der Waals surface area contributed by atoms with Crippen molar-refractivity contribution in [3.8, 4) is 11.4 Å². The quantitative estimate of drug-likeness (QED) is 0.361. The average Bonchev–Trinajstić information content (AvgIpc) is 3.10. The second-order valence-electron chi connectivity index (χ2n) is 7.49. The summed E-state index contributed by atoms with van der Waals surface area (Å²) in [4.78, 5) is 0. The summed E-state index contributed by atoms with van der Waals surface area (Å²) in [5, 5.41) is 5.65. The van der Waals surface area contributed by atoms with E-state index in [0.29, 0.717) is 22.3 Å². The maximum atomic E-state index is 6.43. The molecule has 0 aliphatic rings. The van der Waals surface area contributed by atoms with Crippen LogP contribution in [0.4, 0.5) is 0 Å². The Morgan fingerprint density at radius 1 is 1.17 bits per heavy atom. The van der Waals surface area contributed by atoms with Gasteiger partial charge in [-0.1, -0.05) is 49.2 Å². The molecular formula is C24H26Cl2N2O2. The minimum absolute atomic E-state index is 0.282. The van der Waals surface area contributed by atoms with Crippen molar-refractivity contribution < 1.29 is 9.47 Å². The topological polar surface area (TPSA) is 36.3 Å². The third kappa shape index (κ3) is 4.66. The Balaban J connectivity index is 1.93. The lowest BCUT2D eigenvalue weighted by molar-refractivity contribution is 0.295. The van der Waals surface area contributed by atoms with E-state index in [0.717, 1.165) is 33.7 Å². The summed E-state index contributed by atoms with van der Waals surface area (Å²) in [6.07, 6.45) is 3.60. The second-order valence-corrected chi connectivity index (χ2v) is 8.30. The Morgan fingerprint density at radius 3 is 2.47 bits per heavy atom. The molecule has 0 unspecified atom stereocenters. The molecule has 1 aromatic heterocycles. The molecule has 0 atom stereocenters. The first-order valence-corrected chi connectivity index (χ1v) is 10.5. The maximum absolute atomic E-state index is 6.43. The van der Waals surface area contributed by atoms with Gasteiger partial charge in [-0.3, -0.25) is 0 Å². The van der Waals surface area contributed by atoms with Crippen molar-refractivity contribution in [1.29, 1.82) is 0 Å². The minimum atomic E-state index is 0.282. The molecule has 0 saturated carbocycles. The Labute approximate surface area is 188 Å². The standard InChI is InChI=1S/C24H26Cl2N2O2/c1-15(2)20-12-27-28(24-21(25)7-6-8-22(24)26)23(20)14-30-18-9-10-19(16(3)11-18)17(4)13-29-5/h6-13,15H,14H2,1-5H3/b17-13+. The van der Waals surface area contributed by atoms with Crippen molar-refractivity contribution in [2.75, 3.05) is 7.11 Å². The van der Waals surface area contributed by atoms with Crippen LogP contribution in [-0.4, -0.2) is 16.9 Å². The predicted molar refractivity (Wildman–Crippen MR) is 124 cm³/mol. The van der Waals surface area contributed by atoms with Crippen LogP contribution in [-0.2, 0) is 11.3 Å². The molecule has 0 radical (unpaired) electrons. The van der Waals surface area contributed by atoms with Crippen LogP contribution in [0.3, 0.4) is 0 Å². The summed E-state index contributed by atoms with van der Waals surface area (Å²) in [5.74, 6) is 1.07. The van der Waals surface area contributed by atoms with Crippen LogP contribution >= 0.6 is 23.2 Å². The van der Waals surface area contributed by atoms with E-state index in [1.54, 1.807) is 18.1 Å². The van der Waals surface area contributed by atoms with Gasteiger partial charge in [-0.25, -0.2) is 4.68 Å². The smallest absolute Gasteiger partial charge is 0.131 e. The minimum Gasteiger partial charge on any atom is -0.504 e. The van der Waals surface area contributed by atoms with Gasteiger partial charge in [0.25, 0.3) is 0 Å². The van der Waals surface area contributed by atoms with Gasteiger partial charge < -0.3 is 9.47 Å². The molecule has 0 amide bonds. The number of aryl methyl sites for hydroxylation is 1. The highest BCUT2D eigenvalue weighted by atomic mass is 35.5. The number of aromatic nitrogens is 2. The van der Waals surface area contributed by atoms with Crippen molar-refractivity contribution in [1.82, 2.24) is 9.78 Å². The van der Waals surface area contributed by atoms with Crippen molar-refractivity contribution in [2.45, 2.75) is 40.2 Å². The summed E-state index contributed by atoms with van der Waals surface area (Å²) < 4.78 is 13.1. The highest BCUT2D eigenvalue weighted by Gasteiger charge is 2.19. The summed E-state index contributed by atoms with van der Waals surface area (Å²) >= 11 is 12.9. The molecule has 0 aliphatic carbocycles. The molecular weight excluding hydrogens is 419 g/mol. The van der Waals surface area contributed by atoms with Crippen molar-refractivity contribution >= 4 is 28.8 Å². The monoisotopic (exact) mass is 444 g/mol. The number of ether oxygens (including phenoxy) is 2. The lowest BCUT2D eigenvalue weighted by Gasteiger charge is -2.15. The molecule has 0 N–H and O–H groups in total. The molecule has 2 aromatic carbocycles. The van der Waals surface area contributed by atoms with Crippen LogP contribution in [0.15, 0.2) is 48.9 Å². The van der Waals surface area contributed by atoms with Gasteiger partial charge in [-0.15, -0.1) is 0 Å². The van der Waals surface area contributed by atoms with E-state index in [-0.39, 0.29) is 5.92 Å². The van der Waals surface area contributed by atoms with Crippen LogP contribution in [0.2, 0.25) is 10.0 Å². The summed E-state index contributed by atoms with van der Waals surface area (Å²) in [7, 11) is 1.65. The van der Waals surface area contributed by atoms with Crippen LogP contribution in [0.25, 0.3) is 11.3 Å². The summed E-state index contributed by atoms with van der Waals surface area (Å²) in [6.45, 7) is 8.68. The zero-order valence-electron chi connectivity index (χ0n) is 17.9. The number of hydrogen-bond acceptors (Lipinski definition) is 3. The van der Waals surface area contributed by atoms with E-state index in [4.69, 9.17) is 32.7 Å². The van der Waals surface area contributed by atoms with Crippen molar-refractivity contribution in [2.24, 2.45) is 0 Å². The number of methoxy groups -OCH3 is 1. The molecule has 30 heavy (non-hydrogen) atoms. The molecule has 0 fully saturated rings. The highest BCUT2D eigenvalue weighted by Crippen LogP contribution is 2.32. The molecule has 0 bridgehead atoms. The third-order valence-electron chi connectivity index (χ3n) is 4.97. The second kappa shape index (κ2) is 9.59. The number of para-hydroxylation sites is 1. The Morgan fingerprint density at radius 2 is 1.87 bits per heavy atom. The van der Waals surface area contributed by atoms with Gasteiger partial charge in [0.05, 0.1) is 35.3 Å². The Kier molecular flexibility index (Phi) is 7.11. The fourth-order valence-electron chi connectivity index (χ4n) is 3.46.